The van der Waals surface area contributed by atoms with Crippen LogP contribution in [0.2, 0.25) is 5.15 Å². The maximum atomic E-state index is 12.2. The van der Waals surface area contributed by atoms with Crippen LogP contribution in [0.15, 0.2) is 36.7 Å². The average Bonchev–Trinajstić information content (AvgIpc) is 2.49. The average molecular weight is 290 g/mol. The number of halogens is 1. The third-order valence-corrected chi connectivity index (χ3v) is 3.42. The lowest BCUT2D eigenvalue weighted by Gasteiger charge is -2.24. The number of hydrogen-bond donors (Lipinski definition) is 1. The minimum absolute atomic E-state index is 0.165. The number of carbonyl (C=O) groups is 1. The number of nitrogens with zero attached hydrogens (tertiary/aromatic N) is 2. The third-order valence-electron chi connectivity index (χ3n) is 3.14. The normalized spacial score (nSPS) is 16.9. The fraction of sp³-hybridized carbons (Fsp3) is 0.214. The molecule has 1 aromatic heterocycles. The molecule has 102 valence electrons. The van der Waals surface area contributed by atoms with Gasteiger partial charge in [0.05, 0.1) is 5.92 Å². The van der Waals surface area contributed by atoms with Crippen LogP contribution in [0.25, 0.3) is 0 Å². The summed E-state index contributed by atoms with van der Waals surface area (Å²) in [4.78, 5) is 20.1. The molecule has 0 saturated carbocycles. The van der Waals surface area contributed by atoms with Crippen LogP contribution in [0, 0.1) is 5.92 Å². The quantitative estimate of drug-likeness (QED) is 0.921. The zero-order valence-electron chi connectivity index (χ0n) is 10.5. The highest BCUT2D eigenvalue weighted by molar-refractivity contribution is 6.32. The predicted molar refractivity (Wildman–Crippen MR) is 74.8 cm³/mol. The molecule has 2 aromatic rings. The first-order valence-corrected chi connectivity index (χ1v) is 6.60. The number of nitrogens with one attached hydrogen (secondary N) is 1. The second-order valence-electron chi connectivity index (χ2n) is 4.50. The molecule has 1 aliphatic heterocycles. The number of benzene rings is 1. The van der Waals surface area contributed by atoms with E-state index in [0.29, 0.717) is 13.0 Å². The van der Waals surface area contributed by atoms with Gasteiger partial charge < -0.3 is 10.1 Å². The van der Waals surface area contributed by atoms with E-state index in [1.165, 1.54) is 12.4 Å². The van der Waals surface area contributed by atoms with Crippen molar-refractivity contribution in [3.05, 3.63) is 47.4 Å². The summed E-state index contributed by atoms with van der Waals surface area (Å²) in [5.74, 6) is 0.692. The lowest BCUT2D eigenvalue weighted by molar-refractivity contribution is -0.121. The van der Waals surface area contributed by atoms with Gasteiger partial charge in [0.2, 0.25) is 5.91 Å². The Labute approximate surface area is 121 Å². The van der Waals surface area contributed by atoms with Gasteiger partial charge in [-0.25, -0.2) is 9.97 Å². The molecule has 0 spiro atoms. The zero-order chi connectivity index (χ0) is 13.9. The van der Waals surface area contributed by atoms with Gasteiger partial charge in [-0.3, -0.25) is 4.79 Å². The molecular weight excluding hydrogens is 278 g/mol. The van der Waals surface area contributed by atoms with E-state index in [-0.39, 0.29) is 22.8 Å². The molecule has 5 nitrogen and oxygen atoms in total. The Hall–Kier alpha value is -2.14. The number of aromatic nitrogens is 2. The maximum Gasteiger partial charge on any atom is 0.232 e. The van der Waals surface area contributed by atoms with Gasteiger partial charge in [0.1, 0.15) is 12.4 Å². The molecule has 1 aromatic carbocycles. The first kappa shape index (κ1) is 12.9. The Morgan fingerprint density at radius 2 is 2.10 bits per heavy atom. The zero-order valence-corrected chi connectivity index (χ0v) is 11.3. The molecule has 6 heteroatoms. The van der Waals surface area contributed by atoms with E-state index in [0.717, 1.165) is 11.3 Å². The summed E-state index contributed by atoms with van der Waals surface area (Å²) in [6, 6.07) is 7.72. The minimum atomic E-state index is -0.261. The second-order valence-corrected chi connectivity index (χ2v) is 4.86. The number of fused-ring (bicyclic) bond motifs is 1. The van der Waals surface area contributed by atoms with Gasteiger partial charge in [0, 0.05) is 12.4 Å². The van der Waals surface area contributed by atoms with E-state index in [9.17, 15) is 4.79 Å². The Morgan fingerprint density at radius 3 is 2.95 bits per heavy atom. The number of rotatable bonds is 2. The van der Waals surface area contributed by atoms with Crippen molar-refractivity contribution in [1.82, 2.24) is 9.97 Å². The Bertz CT molecular complexity index is 648. The molecule has 0 aliphatic carbocycles. The summed E-state index contributed by atoms with van der Waals surface area (Å²) in [5.41, 5.74) is 1.03. The highest BCUT2D eigenvalue weighted by Crippen LogP contribution is 2.27. The highest BCUT2D eigenvalue weighted by Gasteiger charge is 2.26. The largest absolute Gasteiger partial charge is 0.492 e. The third kappa shape index (κ3) is 2.58. The van der Waals surface area contributed by atoms with Crippen LogP contribution in [-0.2, 0) is 11.2 Å². The molecule has 1 atom stereocenters. The number of para-hydroxylation sites is 1. The van der Waals surface area contributed by atoms with E-state index in [4.69, 9.17) is 16.3 Å². The highest BCUT2D eigenvalue weighted by atomic mass is 35.5. The van der Waals surface area contributed by atoms with Crippen LogP contribution in [0.4, 0.5) is 5.82 Å². The van der Waals surface area contributed by atoms with E-state index in [1.54, 1.807) is 0 Å². The molecule has 1 amide bonds. The minimum Gasteiger partial charge on any atom is -0.492 e. The summed E-state index contributed by atoms with van der Waals surface area (Å²) in [5, 5.41) is 2.86. The Balaban J connectivity index is 1.72. The number of ether oxygens (including phenoxy) is 1. The predicted octanol–water partition coefficient (Wildman–Crippen LogP) is 2.32. The molecule has 2 heterocycles. The van der Waals surface area contributed by atoms with Crippen LogP contribution in [0.5, 0.6) is 5.75 Å². The van der Waals surface area contributed by atoms with Gasteiger partial charge in [-0.15, -0.1) is 0 Å². The fourth-order valence-corrected chi connectivity index (χ4v) is 2.27. The Kier molecular flexibility index (Phi) is 3.52. The van der Waals surface area contributed by atoms with Crippen molar-refractivity contribution in [3.63, 3.8) is 0 Å². The van der Waals surface area contributed by atoms with E-state index < -0.39 is 0 Å². The molecule has 0 fully saturated rings. The number of carbonyl (C=O) groups excluding carboxylic acids is 1. The molecule has 3 rings (SSSR count). The van der Waals surface area contributed by atoms with Crippen LogP contribution >= 0.6 is 11.6 Å². The van der Waals surface area contributed by atoms with E-state index in [2.05, 4.69) is 15.3 Å². The summed E-state index contributed by atoms with van der Waals surface area (Å²) in [7, 11) is 0. The summed E-state index contributed by atoms with van der Waals surface area (Å²) >= 11 is 5.87. The van der Waals surface area contributed by atoms with Crippen LogP contribution in [0.3, 0.4) is 0 Å². The van der Waals surface area contributed by atoms with Gasteiger partial charge in [-0.2, -0.15) is 0 Å². The molecule has 0 radical (unpaired) electrons. The van der Waals surface area contributed by atoms with Crippen molar-refractivity contribution < 1.29 is 9.53 Å². The standard InChI is InChI=1S/C14H12ClN3O2/c15-12-13(17-6-5-16-12)18-14(19)10-7-9-3-1-2-4-11(9)20-8-10/h1-6,10H,7-8H2,(H,17,18,19). The molecule has 0 bridgehead atoms. The Morgan fingerprint density at radius 1 is 1.30 bits per heavy atom. The van der Waals surface area contributed by atoms with E-state index >= 15 is 0 Å². The molecule has 1 N–H and O–H groups in total. The van der Waals surface area contributed by atoms with Crippen LogP contribution < -0.4 is 10.1 Å². The van der Waals surface area contributed by atoms with Crippen molar-refractivity contribution in [1.29, 1.82) is 0 Å². The SMILES string of the molecule is O=C(Nc1nccnc1Cl)C1COc2ccccc2C1. The first-order valence-electron chi connectivity index (χ1n) is 6.22. The topological polar surface area (TPSA) is 64.1 Å². The number of hydrogen-bond acceptors (Lipinski definition) is 4. The summed E-state index contributed by atoms with van der Waals surface area (Å²) < 4.78 is 5.60. The maximum absolute atomic E-state index is 12.2. The van der Waals surface area contributed by atoms with Crippen molar-refractivity contribution in [3.8, 4) is 5.75 Å². The van der Waals surface area contributed by atoms with Crippen molar-refractivity contribution in [2.24, 2.45) is 5.92 Å². The lowest BCUT2D eigenvalue weighted by Crippen LogP contribution is -2.32. The first-order chi connectivity index (χ1) is 9.74. The lowest BCUT2D eigenvalue weighted by atomic mass is 9.96. The van der Waals surface area contributed by atoms with E-state index in [1.807, 2.05) is 24.3 Å². The second kappa shape index (κ2) is 5.46. The van der Waals surface area contributed by atoms with Crippen LogP contribution in [0.1, 0.15) is 5.56 Å². The van der Waals surface area contributed by atoms with Crippen molar-refractivity contribution in [2.45, 2.75) is 6.42 Å². The summed E-state index contributed by atoms with van der Waals surface area (Å²) in [6.07, 6.45) is 3.59. The molecule has 0 saturated heterocycles. The molecule has 1 aliphatic rings. The number of amides is 1. The molecular formula is C14H12ClN3O2. The van der Waals surface area contributed by atoms with Crippen molar-refractivity contribution in [2.75, 3.05) is 11.9 Å². The van der Waals surface area contributed by atoms with Crippen LogP contribution in [-0.4, -0.2) is 22.5 Å². The van der Waals surface area contributed by atoms with Crippen molar-refractivity contribution >= 4 is 23.3 Å². The smallest absolute Gasteiger partial charge is 0.232 e. The van der Waals surface area contributed by atoms with Gasteiger partial charge in [-0.1, -0.05) is 29.8 Å². The molecule has 1 unspecified atom stereocenters. The van der Waals surface area contributed by atoms with Gasteiger partial charge in [0.15, 0.2) is 11.0 Å². The fourth-order valence-electron chi connectivity index (χ4n) is 2.12. The molecule has 20 heavy (non-hydrogen) atoms. The van der Waals surface area contributed by atoms with Gasteiger partial charge in [0.25, 0.3) is 0 Å². The van der Waals surface area contributed by atoms with Gasteiger partial charge in [-0.05, 0) is 18.1 Å². The summed E-state index contributed by atoms with van der Waals surface area (Å²) in [6.45, 7) is 0.348. The monoisotopic (exact) mass is 289 g/mol. The number of anilines is 1. The van der Waals surface area contributed by atoms with Gasteiger partial charge >= 0.3 is 0 Å².